The van der Waals surface area contributed by atoms with Gasteiger partial charge in [0.1, 0.15) is 11.5 Å². The van der Waals surface area contributed by atoms with Gasteiger partial charge in [-0.3, -0.25) is 4.79 Å². The molecule has 2 N–H and O–H groups in total. The van der Waals surface area contributed by atoms with Crippen molar-refractivity contribution in [2.75, 3.05) is 27.2 Å². The number of guanidine groups is 1. The average molecular weight is 408 g/mol. The lowest BCUT2D eigenvalue weighted by Crippen LogP contribution is -2.42. The van der Waals surface area contributed by atoms with Gasteiger partial charge in [-0.2, -0.15) is 0 Å². The van der Waals surface area contributed by atoms with Crippen LogP contribution in [0.2, 0.25) is 0 Å². The van der Waals surface area contributed by atoms with E-state index in [2.05, 4.69) is 15.6 Å². The molecule has 1 heterocycles. The highest BCUT2D eigenvalue weighted by atomic mass is 127. The summed E-state index contributed by atoms with van der Waals surface area (Å²) >= 11 is 0. The van der Waals surface area contributed by atoms with E-state index in [1.165, 1.54) is 0 Å². The molecule has 1 amide bonds. The molecule has 0 aliphatic heterocycles. The van der Waals surface area contributed by atoms with E-state index in [1.807, 2.05) is 26.8 Å². The normalized spacial score (nSPS) is 10.8. The summed E-state index contributed by atoms with van der Waals surface area (Å²) in [6.07, 6.45) is 0. The number of likely N-dealkylation sites (N-methyl/N-ethyl adjacent to an activating group) is 1. The van der Waals surface area contributed by atoms with Gasteiger partial charge in [0.15, 0.2) is 5.96 Å². The van der Waals surface area contributed by atoms with Crippen LogP contribution in [0.15, 0.2) is 15.5 Å². The van der Waals surface area contributed by atoms with E-state index >= 15 is 0 Å². The molecule has 1 rings (SSSR count). The molecule has 0 radical (unpaired) electrons. The van der Waals surface area contributed by atoms with Gasteiger partial charge in [0.05, 0.1) is 13.1 Å². The van der Waals surface area contributed by atoms with Crippen molar-refractivity contribution in [2.45, 2.75) is 27.3 Å². The second kappa shape index (κ2) is 9.64. The van der Waals surface area contributed by atoms with Crippen molar-refractivity contribution in [1.29, 1.82) is 0 Å². The molecule has 0 fully saturated rings. The topological polar surface area (TPSA) is 69.9 Å². The van der Waals surface area contributed by atoms with Crippen LogP contribution in [0.1, 0.15) is 24.0 Å². The fourth-order valence-corrected chi connectivity index (χ4v) is 1.66. The van der Waals surface area contributed by atoms with Gasteiger partial charge < -0.3 is 20.0 Å². The lowest BCUT2D eigenvalue weighted by Gasteiger charge is -2.14. The minimum absolute atomic E-state index is 0. The van der Waals surface area contributed by atoms with Crippen LogP contribution in [0.4, 0.5) is 0 Å². The van der Waals surface area contributed by atoms with Gasteiger partial charge in [-0.1, -0.05) is 0 Å². The predicted molar refractivity (Wildman–Crippen MR) is 95.1 cm³/mol. The van der Waals surface area contributed by atoms with E-state index in [4.69, 9.17) is 4.42 Å². The van der Waals surface area contributed by atoms with Crippen LogP contribution in [0.25, 0.3) is 0 Å². The Labute approximate surface area is 143 Å². The number of aliphatic imine (C=N–C) groups is 1. The third kappa shape index (κ3) is 6.83. The Bertz CT molecular complexity index is 483. The second-order valence-electron chi connectivity index (χ2n) is 4.78. The number of hydrogen-bond acceptors (Lipinski definition) is 3. The van der Waals surface area contributed by atoms with Crippen molar-refractivity contribution >= 4 is 35.8 Å². The Morgan fingerprint density at radius 3 is 2.48 bits per heavy atom. The molecule has 0 saturated carbocycles. The first-order valence-electron chi connectivity index (χ1n) is 6.72. The Balaban J connectivity index is 0.00000400. The van der Waals surface area contributed by atoms with E-state index < -0.39 is 0 Å². The van der Waals surface area contributed by atoms with E-state index in [0.717, 1.165) is 23.6 Å². The van der Waals surface area contributed by atoms with Gasteiger partial charge >= 0.3 is 0 Å². The molecule has 6 nitrogen and oxygen atoms in total. The van der Waals surface area contributed by atoms with Crippen molar-refractivity contribution < 1.29 is 9.21 Å². The lowest BCUT2D eigenvalue weighted by molar-refractivity contribution is -0.127. The molecule has 0 aliphatic rings. The quantitative estimate of drug-likeness (QED) is 0.442. The molecule has 0 unspecified atom stereocenters. The number of hydrogen-bond donors (Lipinski definition) is 2. The Kier molecular flexibility index (Phi) is 9.07. The molecule has 7 heteroatoms. The number of rotatable bonds is 5. The number of amides is 1. The van der Waals surface area contributed by atoms with Crippen LogP contribution in [-0.4, -0.2) is 44.0 Å². The van der Waals surface area contributed by atoms with Gasteiger partial charge in [-0.25, -0.2) is 4.99 Å². The summed E-state index contributed by atoms with van der Waals surface area (Å²) in [5.74, 6) is 2.40. The van der Waals surface area contributed by atoms with E-state index in [9.17, 15) is 4.79 Å². The van der Waals surface area contributed by atoms with E-state index in [1.54, 1.807) is 19.0 Å². The highest BCUT2D eigenvalue weighted by molar-refractivity contribution is 14.0. The average Bonchev–Trinajstić information content (AvgIpc) is 2.70. The van der Waals surface area contributed by atoms with Crippen LogP contribution in [0, 0.1) is 13.8 Å². The maximum Gasteiger partial charge on any atom is 0.241 e. The smallest absolute Gasteiger partial charge is 0.241 e. The summed E-state index contributed by atoms with van der Waals surface area (Å²) in [6.45, 7) is 7.31. The Morgan fingerprint density at radius 2 is 2.00 bits per heavy atom. The molecule has 1 aromatic rings. The van der Waals surface area contributed by atoms with E-state index in [0.29, 0.717) is 12.5 Å². The van der Waals surface area contributed by atoms with Crippen molar-refractivity contribution in [2.24, 2.45) is 4.99 Å². The number of carbonyl (C=O) groups excluding carboxylic acids is 1. The maximum atomic E-state index is 11.5. The first kappa shape index (κ1) is 19.8. The minimum Gasteiger partial charge on any atom is -0.466 e. The third-order valence-electron chi connectivity index (χ3n) is 2.80. The molecule has 0 atom stereocenters. The van der Waals surface area contributed by atoms with Gasteiger partial charge in [-0.15, -0.1) is 24.0 Å². The first-order chi connectivity index (χ1) is 9.43. The molecule has 0 bridgehead atoms. The molecular weight excluding hydrogens is 383 g/mol. The van der Waals surface area contributed by atoms with Gasteiger partial charge in [-0.05, 0) is 26.8 Å². The van der Waals surface area contributed by atoms with Crippen molar-refractivity contribution in [3.8, 4) is 0 Å². The minimum atomic E-state index is 0. The zero-order valence-corrected chi connectivity index (χ0v) is 15.6. The van der Waals surface area contributed by atoms with E-state index in [-0.39, 0.29) is 36.4 Å². The van der Waals surface area contributed by atoms with Crippen molar-refractivity contribution in [3.63, 3.8) is 0 Å². The molecule has 0 aliphatic carbocycles. The molecule has 1 aromatic heterocycles. The molecule has 0 aromatic carbocycles. The fourth-order valence-electron chi connectivity index (χ4n) is 1.66. The lowest BCUT2D eigenvalue weighted by atomic mass is 10.2. The number of aryl methyl sites for hydroxylation is 2. The van der Waals surface area contributed by atoms with Crippen LogP contribution in [0.5, 0.6) is 0 Å². The van der Waals surface area contributed by atoms with Crippen LogP contribution in [0.3, 0.4) is 0 Å². The molecular formula is C14H25IN4O2. The summed E-state index contributed by atoms with van der Waals surface area (Å²) in [6, 6.07) is 1.98. The summed E-state index contributed by atoms with van der Waals surface area (Å²) in [5, 5.41) is 6.13. The largest absolute Gasteiger partial charge is 0.466 e. The zero-order valence-electron chi connectivity index (χ0n) is 13.3. The molecule has 21 heavy (non-hydrogen) atoms. The summed E-state index contributed by atoms with van der Waals surface area (Å²) in [4.78, 5) is 17.5. The standard InChI is InChI=1S/C14H24N4O2.HI/c1-6-15-14(17-9-13(19)18(4)5)16-8-12-7-10(2)20-11(12)3;/h7H,6,8-9H2,1-5H3,(H2,15,16,17);1H. The fraction of sp³-hybridized carbons (Fsp3) is 0.571. The second-order valence-corrected chi connectivity index (χ2v) is 4.78. The highest BCUT2D eigenvalue weighted by Crippen LogP contribution is 2.14. The Morgan fingerprint density at radius 1 is 1.33 bits per heavy atom. The predicted octanol–water partition coefficient (Wildman–Crippen LogP) is 1.66. The van der Waals surface area contributed by atoms with Crippen molar-refractivity contribution in [3.05, 3.63) is 23.2 Å². The highest BCUT2D eigenvalue weighted by Gasteiger charge is 2.07. The molecule has 0 spiro atoms. The zero-order chi connectivity index (χ0) is 15.1. The van der Waals surface area contributed by atoms with Crippen LogP contribution >= 0.6 is 24.0 Å². The SMILES string of the molecule is CCNC(=NCc1cc(C)oc1C)NCC(=O)N(C)C.I. The molecule has 0 saturated heterocycles. The number of carbonyl (C=O) groups is 1. The first-order valence-corrected chi connectivity index (χ1v) is 6.72. The monoisotopic (exact) mass is 408 g/mol. The Hall–Kier alpha value is -1.25. The summed E-state index contributed by atoms with van der Waals surface area (Å²) < 4.78 is 5.47. The van der Waals surface area contributed by atoms with Crippen LogP contribution < -0.4 is 10.6 Å². The third-order valence-corrected chi connectivity index (χ3v) is 2.80. The maximum absolute atomic E-state index is 11.5. The number of nitrogens with zero attached hydrogens (tertiary/aromatic N) is 2. The summed E-state index contributed by atoms with van der Waals surface area (Å²) in [5.41, 5.74) is 1.05. The number of halogens is 1. The molecule has 120 valence electrons. The van der Waals surface area contributed by atoms with Gasteiger partial charge in [0, 0.05) is 26.2 Å². The van der Waals surface area contributed by atoms with Gasteiger partial charge in [0.25, 0.3) is 0 Å². The summed E-state index contributed by atoms with van der Waals surface area (Å²) in [7, 11) is 3.46. The number of furan rings is 1. The van der Waals surface area contributed by atoms with Gasteiger partial charge in [0.2, 0.25) is 5.91 Å². The van der Waals surface area contributed by atoms with Crippen LogP contribution in [-0.2, 0) is 11.3 Å². The number of nitrogens with one attached hydrogen (secondary N) is 2. The van der Waals surface area contributed by atoms with Crippen molar-refractivity contribution in [1.82, 2.24) is 15.5 Å².